The van der Waals surface area contributed by atoms with Crippen LogP contribution in [-0.2, 0) is 18.4 Å². The molecule has 0 aromatic rings. The maximum absolute atomic E-state index is 11.9. The number of phosphoric acid groups is 1. The van der Waals surface area contributed by atoms with E-state index in [0.29, 0.717) is 6.42 Å². The van der Waals surface area contributed by atoms with Crippen LogP contribution in [0.2, 0.25) is 0 Å². The molecule has 5 N–H and O–H groups in total. The smallest absolute Gasteiger partial charge is 0.394 e. The Balaban J connectivity index is 4.46. The van der Waals surface area contributed by atoms with Crippen LogP contribution in [0.4, 0.5) is 0 Å². The highest BCUT2D eigenvalue weighted by atomic mass is 31.2. The standard InChI is InChI=1S/C16H31O9P/c1-11(2)5-4-6-12(3)7-8-24-26(22,23)25-14(10-18)16(21)15(20)13(19)9-17/h5,10,12-17,19-21H,4,6-9H2,1-3H3,(H,22,23)/t12?,13-,14-,15-,16-/m1/s1. The molecule has 0 saturated carbocycles. The van der Waals surface area contributed by atoms with Crippen molar-refractivity contribution < 1.29 is 43.7 Å². The number of phosphoric ester groups is 1. The van der Waals surface area contributed by atoms with Crippen molar-refractivity contribution in [3.05, 3.63) is 11.6 Å². The van der Waals surface area contributed by atoms with Crippen molar-refractivity contribution in [2.24, 2.45) is 5.92 Å². The van der Waals surface area contributed by atoms with E-state index in [1.165, 1.54) is 5.57 Å². The molecule has 0 amide bonds. The second-order valence-corrected chi connectivity index (χ2v) is 7.90. The second kappa shape index (κ2) is 12.7. The Morgan fingerprint density at radius 3 is 2.27 bits per heavy atom. The third-order valence-corrected chi connectivity index (χ3v) is 4.75. The maximum Gasteiger partial charge on any atom is 0.472 e. The van der Waals surface area contributed by atoms with E-state index < -0.39 is 38.8 Å². The minimum Gasteiger partial charge on any atom is -0.394 e. The summed E-state index contributed by atoms with van der Waals surface area (Å²) in [6.45, 7) is 5.01. The fourth-order valence-electron chi connectivity index (χ4n) is 2.05. The van der Waals surface area contributed by atoms with Gasteiger partial charge in [-0.1, -0.05) is 18.6 Å². The quantitative estimate of drug-likeness (QED) is 0.160. The average Bonchev–Trinajstić information content (AvgIpc) is 2.57. The molecule has 0 heterocycles. The Kier molecular flexibility index (Phi) is 12.4. The van der Waals surface area contributed by atoms with Gasteiger partial charge in [0, 0.05) is 0 Å². The number of aliphatic hydroxyl groups excluding tert-OH is 4. The zero-order valence-corrected chi connectivity index (χ0v) is 16.3. The Hall–Kier alpha value is -0.640. The summed E-state index contributed by atoms with van der Waals surface area (Å²) in [5.41, 5.74) is 1.22. The lowest BCUT2D eigenvalue weighted by atomic mass is 10.0. The molecule has 0 spiro atoms. The molecule has 0 aliphatic rings. The highest BCUT2D eigenvalue weighted by Gasteiger charge is 2.37. The summed E-state index contributed by atoms with van der Waals surface area (Å²) < 4.78 is 21.2. The largest absolute Gasteiger partial charge is 0.472 e. The SMILES string of the molecule is CC(C)=CCCC(C)CCOP(=O)(O)O[C@H](C=O)[C@@H](O)[C@H](O)[C@H](O)CO. The minimum absolute atomic E-state index is 0.00620. The first kappa shape index (κ1) is 25.4. The van der Waals surface area contributed by atoms with Gasteiger partial charge in [-0.25, -0.2) is 4.57 Å². The molecule has 2 unspecified atom stereocenters. The Morgan fingerprint density at radius 2 is 1.77 bits per heavy atom. The molecule has 26 heavy (non-hydrogen) atoms. The zero-order chi connectivity index (χ0) is 20.3. The third kappa shape index (κ3) is 10.5. The van der Waals surface area contributed by atoms with Gasteiger partial charge < -0.3 is 30.1 Å². The average molecular weight is 398 g/mol. The van der Waals surface area contributed by atoms with Gasteiger partial charge in [-0.3, -0.25) is 9.05 Å². The van der Waals surface area contributed by atoms with Crippen molar-refractivity contribution in [1.82, 2.24) is 0 Å². The van der Waals surface area contributed by atoms with Gasteiger partial charge in [0.25, 0.3) is 0 Å². The van der Waals surface area contributed by atoms with Gasteiger partial charge in [-0.2, -0.15) is 0 Å². The van der Waals surface area contributed by atoms with Crippen LogP contribution < -0.4 is 0 Å². The molecule has 0 rings (SSSR count). The normalized spacial score (nSPS) is 19.7. The molecule has 10 heteroatoms. The molecule has 0 aromatic carbocycles. The van der Waals surface area contributed by atoms with Crippen LogP contribution in [-0.4, -0.2) is 69.2 Å². The molecule has 6 atom stereocenters. The third-order valence-electron chi connectivity index (χ3n) is 3.73. The van der Waals surface area contributed by atoms with Crippen LogP contribution in [0.25, 0.3) is 0 Å². The van der Waals surface area contributed by atoms with Crippen LogP contribution in [0.1, 0.15) is 40.0 Å². The van der Waals surface area contributed by atoms with Gasteiger partial charge in [-0.15, -0.1) is 0 Å². The highest BCUT2D eigenvalue weighted by molar-refractivity contribution is 7.47. The lowest BCUT2D eigenvalue weighted by Gasteiger charge is -2.26. The summed E-state index contributed by atoms with van der Waals surface area (Å²) in [4.78, 5) is 20.6. The molecule has 0 aromatic heterocycles. The van der Waals surface area contributed by atoms with E-state index in [9.17, 15) is 29.6 Å². The van der Waals surface area contributed by atoms with E-state index in [2.05, 4.69) is 10.6 Å². The van der Waals surface area contributed by atoms with E-state index in [-0.39, 0.29) is 18.8 Å². The van der Waals surface area contributed by atoms with Gasteiger partial charge in [0.15, 0.2) is 12.4 Å². The fraction of sp³-hybridized carbons (Fsp3) is 0.812. The van der Waals surface area contributed by atoms with Gasteiger partial charge in [0.2, 0.25) is 0 Å². The Labute approximate surface area is 153 Å². The van der Waals surface area contributed by atoms with E-state index >= 15 is 0 Å². The monoisotopic (exact) mass is 398 g/mol. The first-order valence-electron chi connectivity index (χ1n) is 8.43. The number of carbonyl (C=O) groups is 1. The van der Waals surface area contributed by atoms with Crippen LogP contribution in [0.3, 0.4) is 0 Å². The van der Waals surface area contributed by atoms with Crippen molar-refractivity contribution in [2.45, 2.75) is 64.4 Å². The summed E-state index contributed by atoms with van der Waals surface area (Å²) in [5, 5.41) is 37.2. The van der Waals surface area contributed by atoms with Crippen LogP contribution in [0.15, 0.2) is 11.6 Å². The molecule has 0 aliphatic heterocycles. The summed E-state index contributed by atoms with van der Waals surface area (Å²) in [6, 6.07) is 0. The second-order valence-electron chi connectivity index (χ2n) is 6.49. The molecule has 0 fully saturated rings. The van der Waals surface area contributed by atoms with E-state index in [1.807, 2.05) is 20.8 Å². The van der Waals surface area contributed by atoms with Crippen LogP contribution >= 0.6 is 7.82 Å². The van der Waals surface area contributed by atoms with E-state index in [4.69, 9.17) is 9.63 Å². The minimum atomic E-state index is -4.65. The molecule has 0 aliphatic carbocycles. The number of rotatable bonds is 14. The Bertz CT molecular complexity index is 478. The highest BCUT2D eigenvalue weighted by Crippen LogP contribution is 2.45. The van der Waals surface area contributed by atoms with Gasteiger partial charge in [-0.05, 0) is 39.0 Å². The summed E-state index contributed by atoms with van der Waals surface area (Å²) in [7, 11) is -4.65. The molecule has 0 radical (unpaired) electrons. The number of carbonyl (C=O) groups excluding carboxylic acids is 1. The van der Waals surface area contributed by atoms with Crippen molar-refractivity contribution >= 4 is 14.1 Å². The van der Waals surface area contributed by atoms with Gasteiger partial charge in [0.1, 0.15) is 18.3 Å². The van der Waals surface area contributed by atoms with Gasteiger partial charge >= 0.3 is 7.82 Å². The van der Waals surface area contributed by atoms with Crippen molar-refractivity contribution in [3.8, 4) is 0 Å². The molecule has 0 saturated heterocycles. The molecule has 0 bridgehead atoms. The van der Waals surface area contributed by atoms with E-state index in [0.717, 1.165) is 12.8 Å². The fourth-order valence-corrected chi connectivity index (χ4v) is 2.93. The number of hydrogen-bond acceptors (Lipinski definition) is 8. The van der Waals surface area contributed by atoms with E-state index in [1.54, 1.807) is 0 Å². The van der Waals surface area contributed by atoms with Crippen molar-refractivity contribution in [2.75, 3.05) is 13.2 Å². The molecular formula is C16H31O9P. The summed E-state index contributed by atoms with van der Waals surface area (Å²) in [6.07, 6.45) is -3.23. The number of aliphatic hydroxyl groups is 4. The molecule has 154 valence electrons. The first-order chi connectivity index (χ1) is 12.0. The van der Waals surface area contributed by atoms with Crippen molar-refractivity contribution in [3.63, 3.8) is 0 Å². The first-order valence-corrected chi connectivity index (χ1v) is 9.93. The lowest BCUT2D eigenvalue weighted by Crippen LogP contribution is -2.47. The topological polar surface area (TPSA) is 154 Å². The predicted octanol–water partition coefficient (Wildman–Crippen LogP) is 0.535. The number of hydrogen-bond donors (Lipinski definition) is 5. The summed E-state index contributed by atoms with van der Waals surface area (Å²) in [5.74, 6) is 0.236. The lowest BCUT2D eigenvalue weighted by molar-refractivity contribution is -0.135. The zero-order valence-electron chi connectivity index (χ0n) is 15.4. The predicted molar refractivity (Wildman–Crippen MR) is 94.3 cm³/mol. The summed E-state index contributed by atoms with van der Waals surface area (Å²) >= 11 is 0. The maximum atomic E-state index is 11.9. The molecular weight excluding hydrogens is 367 g/mol. The molecule has 9 nitrogen and oxygen atoms in total. The van der Waals surface area contributed by atoms with Gasteiger partial charge in [0.05, 0.1) is 13.2 Å². The van der Waals surface area contributed by atoms with Crippen molar-refractivity contribution in [1.29, 1.82) is 0 Å². The van der Waals surface area contributed by atoms with Crippen LogP contribution in [0.5, 0.6) is 0 Å². The Morgan fingerprint density at radius 1 is 1.15 bits per heavy atom. The number of allylic oxidation sites excluding steroid dienone is 2. The van der Waals surface area contributed by atoms with Crippen LogP contribution in [0, 0.1) is 5.92 Å². The number of aldehydes is 1.